The fraction of sp³-hybridized carbons (Fsp3) is 1.00. The molecule has 0 bridgehead atoms. The molecule has 1 aliphatic rings. The number of nitrogens with two attached hydrogens (primary N) is 1. The number of piperidine rings is 1. The Balaban J connectivity index is 2.68. The van der Waals surface area contributed by atoms with Crippen LogP contribution in [0.15, 0.2) is 0 Å². The summed E-state index contributed by atoms with van der Waals surface area (Å²) >= 11 is 0. The standard InChI is InChI=1S/C11H24N2O2S/c1-11(2,3)9-16(14,15)13-6-4-5-10(7-12)8-13/h10H,4-9,12H2,1-3H3. The first-order valence-corrected chi connectivity index (χ1v) is 7.53. The van der Waals surface area contributed by atoms with Gasteiger partial charge in [0.05, 0.1) is 5.75 Å². The second-order valence-electron chi connectivity index (χ2n) is 5.92. The highest BCUT2D eigenvalue weighted by Crippen LogP contribution is 2.23. The molecule has 1 saturated heterocycles. The van der Waals surface area contributed by atoms with Gasteiger partial charge in [-0.25, -0.2) is 12.7 Å². The fourth-order valence-corrected chi connectivity index (χ4v) is 4.23. The number of hydrogen-bond donors (Lipinski definition) is 1. The summed E-state index contributed by atoms with van der Waals surface area (Å²) in [6.07, 6.45) is 1.99. The SMILES string of the molecule is CC(C)(C)CS(=O)(=O)N1CCCC(CN)C1. The largest absolute Gasteiger partial charge is 0.330 e. The molecule has 0 aliphatic carbocycles. The number of hydrogen-bond acceptors (Lipinski definition) is 3. The van der Waals surface area contributed by atoms with Gasteiger partial charge >= 0.3 is 0 Å². The van der Waals surface area contributed by atoms with E-state index in [1.807, 2.05) is 20.8 Å². The Morgan fingerprint density at radius 1 is 1.38 bits per heavy atom. The highest BCUT2D eigenvalue weighted by Gasteiger charge is 2.31. The third-order valence-corrected chi connectivity index (χ3v) is 5.17. The summed E-state index contributed by atoms with van der Waals surface area (Å²) in [5, 5.41) is 0. The van der Waals surface area contributed by atoms with Crippen molar-refractivity contribution in [1.82, 2.24) is 4.31 Å². The van der Waals surface area contributed by atoms with Gasteiger partial charge in [-0.05, 0) is 30.7 Å². The Morgan fingerprint density at radius 3 is 2.50 bits per heavy atom. The van der Waals surface area contributed by atoms with Crippen molar-refractivity contribution < 1.29 is 8.42 Å². The molecule has 0 aromatic rings. The minimum absolute atomic E-state index is 0.186. The molecule has 0 radical (unpaired) electrons. The highest BCUT2D eigenvalue weighted by molar-refractivity contribution is 7.89. The molecule has 0 saturated carbocycles. The third-order valence-electron chi connectivity index (χ3n) is 2.82. The van der Waals surface area contributed by atoms with E-state index in [0.29, 0.717) is 25.6 Å². The monoisotopic (exact) mass is 248 g/mol. The molecule has 1 unspecified atom stereocenters. The maximum absolute atomic E-state index is 12.1. The minimum atomic E-state index is -3.11. The molecule has 1 aliphatic heterocycles. The first-order chi connectivity index (χ1) is 7.24. The topological polar surface area (TPSA) is 63.4 Å². The molecular formula is C11H24N2O2S. The highest BCUT2D eigenvalue weighted by atomic mass is 32.2. The van der Waals surface area contributed by atoms with Gasteiger partial charge in [0.2, 0.25) is 10.0 Å². The Labute approximate surface area is 99.2 Å². The molecule has 0 spiro atoms. The van der Waals surface area contributed by atoms with Crippen molar-refractivity contribution in [2.24, 2.45) is 17.1 Å². The van der Waals surface area contributed by atoms with Crippen LogP contribution in [0, 0.1) is 11.3 Å². The first kappa shape index (κ1) is 13.9. The Bertz CT molecular complexity index is 319. The van der Waals surface area contributed by atoms with Gasteiger partial charge < -0.3 is 5.73 Å². The van der Waals surface area contributed by atoms with E-state index < -0.39 is 10.0 Å². The van der Waals surface area contributed by atoms with Crippen LogP contribution in [0.3, 0.4) is 0 Å². The summed E-state index contributed by atoms with van der Waals surface area (Å²) in [5.41, 5.74) is 5.43. The van der Waals surface area contributed by atoms with Crippen molar-refractivity contribution in [2.45, 2.75) is 33.6 Å². The van der Waals surface area contributed by atoms with Gasteiger partial charge in [-0.2, -0.15) is 0 Å². The molecule has 4 nitrogen and oxygen atoms in total. The summed E-state index contributed by atoms with van der Waals surface area (Å²) in [5.74, 6) is 0.556. The molecule has 1 fully saturated rings. The smallest absolute Gasteiger partial charge is 0.214 e. The summed E-state index contributed by atoms with van der Waals surface area (Å²) < 4.78 is 25.9. The van der Waals surface area contributed by atoms with Gasteiger partial charge in [0.25, 0.3) is 0 Å². The quantitative estimate of drug-likeness (QED) is 0.811. The lowest BCUT2D eigenvalue weighted by Crippen LogP contribution is -2.44. The van der Waals surface area contributed by atoms with Gasteiger partial charge in [0, 0.05) is 13.1 Å². The number of nitrogens with zero attached hydrogens (tertiary/aromatic N) is 1. The zero-order valence-corrected chi connectivity index (χ0v) is 11.4. The average Bonchev–Trinajstić information content (AvgIpc) is 2.14. The average molecular weight is 248 g/mol. The summed E-state index contributed by atoms with van der Waals surface area (Å²) in [4.78, 5) is 0. The molecule has 2 N–H and O–H groups in total. The second kappa shape index (κ2) is 5.02. The van der Waals surface area contributed by atoms with Crippen molar-refractivity contribution >= 4 is 10.0 Å². The third kappa shape index (κ3) is 4.03. The molecule has 1 atom stereocenters. The van der Waals surface area contributed by atoms with E-state index >= 15 is 0 Å². The van der Waals surface area contributed by atoms with Crippen LogP contribution in [-0.2, 0) is 10.0 Å². The number of rotatable bonds is 3. The van der Waals surface area contributed by atoms with E-state index in [0.717, 1.165) is 12.8 Å². The summed E-state index contributed by atoms with van der Waals surface area (Å²) in [6, 6.07) is 0. The lowest BCUT2D eigenvalue weighted by atomic mass is 10.0. The second-order valence-corrected chi connectivity index (χ2v) is 7.89. The molecule has 5 heteroatoms. The van der Waals surface area contributed by atoms with Crippen LogP contribution < -0.4 is 5.73 Å². The molecule has 1 heterocycles. The van der Waals surface area contributed by atoms with Crippen LogP contribution >= 0.6 is 0 Å². The normalized spacial score (nSPS) is 24.6. The van der Waals surface area contributed by atoms with E-state index in [2.05, 4.69) is 0 Å². The van der Waals surface area contributed by atoms with Crippen LogP contribution in [0.1, 0.15) is 33.6 Å². The maximum Gasteiger partial charge on any atom is 0.214 e. The van der Waals surface area contributed by atoms with E-state index in [-0.39, 0.29) is 11.2 Å². The van der Waals surface area contributed by atoms with Crippen molar-refractivity contribution in [3.8, 4) is 0 Å². The molecule has 0 aromatic carbocycles. The Kier molecular flexibility index (Phi) is 4.37. The van der Waals surface area contributed by atoms with Gasteiger partial charge in [-0.1, -0.05) is 20.8 Å². The minimum Gasteiger partial charge on any atom is -0.330 e. The van der Waals surface area contributed by atoms with Crippen molar-refractivity contribution in [1.29, 1.82) is 0 Å². The molecule has 1 rings (SSSR count). The lowest BCUT2D eigenvalue weighted by molar-refractivity contribution is 0.268. The van der Waals surface area contributed by atoms with Gasteiger partial charge in [0.15, 0.2) is 0 Å². The van der Waals surface area contributed by atoms with Gasteiger partial charge in [-0.15, -0.1) is 0 Å². The van der Waals surface area contributed by atoms with Crippen molar-refractivity contribution in [3.63, 3.8) is 0 Å². The van der Waals surface area contributed by atoms with Gasteiger partial charge in [-0.3, -0.25) is 0 Å². The predicted octanol–water partition coefficient (Wildman–Crippen LogP) is 1.03. The van der Waals surface area contributed by atoms with Crippen LogP contribution in [0.2, 0.25) is 0 Å². The molecular weight excluding hydrogens is 224 g/mol. The van der Waals surface area contributed by atoms with E-state index in [4.69, 9.17) is 5.73 Å². The Hall–Kier alpha value is -0.130. The predicted molar refractivity (Wildman–Crippen MR) is 66.6 cm³/mol. The van der Waals surface area contributed by atoms with E-state index in [1.165, 1.54) is 0 Å². The van der Waals surface area contributed by atoms with E-state index in [9.17, 15) is 8.42 Å². The molecule has 0 aromatic heterocycles. The Morgan fingerprint density at radius 2 is 2.00 bits per heavy atom. The summed E-state index contributed by atoms with van der Waals surface area (Å²) in [6.45, 7) is 7.71. The number of sulfonamides is 1. The zero-order valence-electron chi connectivity index (χ0n) is 10.6. The van der Waals surface area contributed by atoms with Crippen molar-refractivity contribution in [3.05, 3.63) is 0 Å². The maximum atomic E-state index is 12.1. The van der Waals surface area contributed by atoms with Crippen LogP contribution in [-0.4, -0.2) is 38.1 Å². The van der Waals surface area contributed by atoms with Crippen LogP contribution in [0.5, 0.6) is 0 Å². The lowest BCUT2D eigenvalue weighted by Gasteiger charge is -2.33. The molecule has 96 valence electrons. The van der Waals surface area contributed by atoms with E-state index in [1.54, 1.807) is 4.31 Å². The first-order valence-electron chi connectivity index (χ1n) is 5.92. The summed E-state index contributed by atoms with van der Waals surface area (Å²) in [7, 11) is -3.11. The molecule has 16 heavy (non-hydrogen) atoms. The van der Waals surface area contributed by atoms with Crippen LogP contribution in [0.4, 0.5) is 0 Å². The molecule has 0 amide bonds. The fourth-order valence-electron chi connectivity index (χ4n) is 2.11. The van der Waals surface area contributed by atoms with Gasteiger partial charge in [0.1, 0.15) is 0 Å². The zero-order chi connectivity index (χ0) is 12.4. The van der Waals surface area contributed by atoms with Crippen molar-refractivity contribution in [2.75, 3.05) is 25.4 Å². The van der Waals surface area contributed by atoms with Crippen LogP contribution in [0.25, 0.3) is 0 Å².